The van der Waals surface area contributed by atoms with Gasteiger partial charge in [0.15, 0.2) is 0 Å². The molecule has 1 aromatic heterocycles. The summed E-state index contributed by atoms with van der Waals surface area (Å²) in [6.07, 6.45) is -5.99. The van der Waals surface area contributed by atoms with E-state index in [0.717, 1.165) is 6.07 Å². The van der Waals surface area contributed by atoms with Crippen molar-refractivity contribution in [2.75, 3.05) is 0 Å². The van der Waals surface area contributed by atoms with Crippen LogP contribution < -0.4 is 10.8 Å². The third-order valence-corrected chi connectivity index (χ3v) is 5.91. The minimum Gasteiger partial charge on any atom is -0.465 e. The largest absolute Gasteiger partial charge is 0.494 e. The molecule has 0 bridgehead atoms. The van der Waals surface area contributed by atoms with E-state index in [2.05, 4.69) is 5.32 Å². The summed E-state index contributed by atoms with van der Waals surface area (Å²) >= 11 is 0. The number of rotatable bonds is 3. The first kappa shape index (κ1) is 23.5. The monoisotopic (exact) mass is 441 g/mol. The predicted molar refractivity (Wildman–Crippen MR) is 110 cm³/mol. The van der Waals surface area contributed by atoms with Crippen molar-refractivity contribution in [2.24, 2.45) is 5.41 Å². The number of nitrogens with one attached hydrogen (secondary N) is 1. The molecule has 2 N–H and O–H groups in total. The number of benzene rings is 1. The first-order valence-corrected chi connectivity index (χ1v) is 9.92. The van der Waals surface area contributed by atoms with Crippen molar-refractivity contribution >= 4 is 29.6 Å². The molecule has 1 atom stereocenters. The highest BCUT2D eigenvalue weighted by Crippen LogP contribution is 2.41. The van der Waals surface area contributed by atoms with Crippen molar-refractivity contribution < 1.29 is 36.8 Å². The normalized spacial score (nSPS) is 19.6. The van der Waals surface area contributed by atoms with Gasteiger partial charge in [0.05, 0.1) is 22.8 Å². The van der Waals surface area contributed by atoms with Gasteiger partial charge in [-0.3, -0.25) is 0 Å². The van der Waals surface area contributed by atoms with Crippen LogP contribution in [0.5, 0.6) is 0 Å². The third-order valence-electron chi connectivity index (χ3n) is 5.91. The highest BCUT2D eigenvalue weighted by Gasteiger charge is 2.52. The summed E-state index contributed by atoms with van der Waals surface area (Å²) in [5.74, 6) is 0.0986. The molecule has 0 aliphatic carbocycles. The average molecular weight is 441 g/mol. The number of halogens is 3. The van der Waals surface area contributed by atoms with E-state index in [9.17, 15) is 23.1 Å². The maximum absolute atomic E-state index is 13.9. The summed E-state index contributed by atoms with van der Waals surface area (Å²) < 4.78 is 59.1. The van der Waals surface area contributed by atoms with Crippen LogP contribution in [0.4, 0.5) is 18.0 Å². The zero-order valence-electron chi connectivity index (χ0n) is 18.6. The second kappa shape index (κ2) is 7.16. The average Bonchev–Trinajstić information content (AvgIpc) is 3.07. The Morgan fingerprint density at radius 2 is 1.61 bits per heavy atom. The van der Waals surface area contributed by atoms with Crippen LogP contribution in [-0.2, 0) is 15.5 Å². The zero-order chi connectivity index (χ0) is 23.6. The van der Waals surface area contributed by atoms with Gasteiger partial charge >= 0.3 is 19.4 Å². The summed E-state index contributed by atoms with van der Waals surface area (Å²) in [5, 5.41) is 11.7. The Kier molecular flexibility index (Phi) is 5.42. The van der Waals surface area contributed by atoms with Crippen LogP contribution in [-0.4, -0.2) is 29.5 Å². The molecular formula is C21H27BF3NO5. The van der Waals surface area contributed by atoms with Crippen LogP contribution in [0.2, 0.25) is 0 Å². The summed E-state index contributed by atoms with van der Waals surface area (Å²) in [7, 11) is -0.982. The van der Waals surface area contributed by atoms with Gasteiger partial charge in [-0.1, -0.05) is 26.8 Å². The summed E-state index contributed by atoms with van der Waals surface area (Å²) in [6.45, 7) is 12.6. The molecule has 10 heteroatoms. The van der Waals surface area contributed by atoms with Gasteiger partial charge in [0.25, 0.3) is 0 Å². The fourth-order valence-electron chi connectivity index (χ4n) is 3.50. The molecule has 2 aromatic rings. The van der Waals surface area contributed by atoms with Crippen LogP contribution in [0.3, 0.4) is 0 Å². The van der Waals surface area contributed by atoms with Crippen LogP contribution in [0, 0.1) is 5.41 Å². The molecular weight excluding hydrogens is 414 g/mol. The number of furan rings is 1. The topological polar surface area (TPSA) is 80.9 Å². The summed E-state index contributed by atoms with van der Waals surface area (Å²) in [4.78, 5) is 11.3. The molecule has 1 aliphatic heterocycles. The van der Waals surface area contributed by atoms with E-state index >= 15 is 0 Å². The number of amides is 1. The van der Waals surface area contributed by atoms with Gasteiger partial charge in [0.1, 0.15) is 11.3 Å². The van der Waals surface area contributed by atoms with Crippen molar-refractivity contribution in [3.05, 3.63) is 29.5 Å². The molecule has 0 saturated carbocycles. The molecule has 1 fully saturated rings. The molecule has 0 radical (unpaired) electrons. The Morgan fingerprint density at radius 1 is 1.06 bits per heavy atom. The molecule has 3 rings (SSSR count). The molecule has 6 nitrogen and oxygen atoms in total. The number of fused-ring (bicyclic) bond motifs is 1. The highest BCUT2D eigenvalue weighted by molar-refractivity contribution is 6.62. The second-order valence-electron chi connectivity index (χ2n) is 9.97. The van der Waals surface area contributed by atoms with E-state index in [1.165, 1.54) is 12.1 Å². The highest BCUT2D eigenvalue weighted by atomic mass is 19.4. The molecule has 1 amide bonds. The molecule has 170 valence electrons. The fourth-order valence-corrected chi connectivity index (χ4v) is 3.50. The lowest BCUT2D eigenvalue weighted by Gasteiger charge is -2.32. The lowest BCUT2D eigenvalue weighted by molar-refractivity contribution is -0.136. The van der Waals surface area contributed by atoms with E-state index in [1.54, 1.807) is 20.8 Å². The lowest BCUT2D eigenvalue weighted by atomic mass is 9.77. The van der Waals surface area contributed by atoms with Crippen molar-refractivity contribution in [3.8, 4) is 0 Å². The standard InChI is InChI=1S/C21H27BF3NO5/c1-18(2,3)16(26-17(27)28)14-9-11-8-12(10-13(15(11)29-14)21(23,24)25)22-30-19(4,5)20(6,7)31-22/h8-10,16,26H,1-7H3,(H,27,28). The molecule has 31 heavy (non-hydrogen) atoms. The van der Waals surface area contributed by atoms with Gasteiger partial charge < -0.3 is 24.1 Å². The molecule has 1 aromatic carbocycles. The number of carboxylic acid groups (broad SMARTS) is 1. The van der Waals surface area contributed by atoms with Crippen molar-refractivity contribution in [2.45, 2.75) is 71.9 Å². The van der Waals surface area contributed by atoms with Crippen LogP contribution in [0.1, 0.15) is 65.8 Å². The summed E-state index contributed by atoms with van der Waals surface area (Å²) in [6, 6.07) is 3.08. The smallest absolute Gasteiger partial charge is 0.465 e. The maximum atomic E-state index is 13.9. The van der Waals surface area contributed by atoms with E-state index in [0.29, 0.717) is 0 Å². The number of carbonyl (C=O) groups is 1. The molecule has 2 heterocycles. The second-order valence-corrected chi connectivity index (χ2v) is 9.97. The van der Waals surface area contributed by atoms with Crippen LogP contribution in [0.25, 0.3) is 11.0 Å². The Morgan fingerprint density at radius 3 is 2.06 bits per heavy atom. The number of alkyl halides is 3. The van der Waals surface area contributed by atoms with Crippen molar-refractivity contribution in [3.63, 3.8) is 0 Å². The first-order valence-electron chi connectivity index (χ1n) is 9.92. The Hall–Kier alpha value is -2.20. The zero-order valence-corrected chi connectivity index (χ0v) is 18.6. The number of hydrogen-bond acceptors (Lipinski definition) is 4. The van der Waals surface area contributed by atoms with Gasteiger partial charge in [-0.2, -0.15) is 13.2 Å². The quantitative estimate of drug-likeness (QED) is 0.648. The predicted octanol–water partition coefficient (Wildman–Crippen LogP) is 5.11. The SMILES string of the molecule is CC(C)(C)C(NC(=O)O)c1cc2cc(B3OC(C)(C)C(C)(C)O3)cc(C(F)(F)F)c2o1. The van der Waals surface area contributed by atoms with E-state index in [-0.39, 0.29) is 22.2 Å². The van der Waals surface area contributed by atoms with E-state index in [1.807, 2.05) is 27.7 Å². The van der Waals surface area contributed by atoms with Crippen molar-refractivity contribution in [1.29, 1.82) is 0 Å². The molecule has 1 aliphatic rings. The van der Waals surface area contributed by atoms with Gasteiger partial charge in [0, 0.05) is 5.39 Å². The number of hydrogen-bond donors (Lipinski definition) is 2. The Bertz CT molecular complexity index is 991. The minimum absolute atomic E-state index is 0.0986. The van der Waals surface area contributed by atoms with Gasteiger partial charge in [-0.15, -0.1) is 0 Å². The Balaban J connectivity index is 2.16. The van der Waals surface area contributed by atoms with Gasteiger partial charge in [0.2, 0.25) is 0 Å². The van der Waals surface area contributed by atoms with Gasteiger partial charge in [-0.05, 0) is 50.7 Å². The maximum Gasteiger partial charge on any atom is 0.494 e. The molecule has 1 saturated heterocycles. The van der Waals surface area contributed by atoms with E-state index in [4.69, 9.17) is 13.7 Å². The van der Waals surface area contributed by atoms with Crippen LogP contribution >= 0.6 is 0 Å². The fraction of sp³-hybridized carbons (Fsp3) is 0.571. The van der Waals surface area contributed by atoms with E-state index < -0.39 is 47.6 Å². The van der Waals surface area contributed by atoms with Crippen molar-refractivity contribution in [1.82, 2.24) is 5.32 Å². The third kappa shape index (κ3) is 4.41. The Labute approximate surface area is 179 Å². The lowest BCUT2D eigenvalue weighted by Crippen LogP contribution is -2.41. The minimum atomic E-state index is -4.69. The van der Waals surface area contributed by atoms with Crippen LogP contribution in [0.15, 0.2) is 22.6 Å². The molecule has 1 unspecified atom stereocenters. The summed E-state index contributed by atoms with van der Waals surface area (Å²) in [5.41, 5.74) is -3.18. The molecule has 0 spiro atoms. The first-order chi connectivity index (χ1) is 13.9. The van der Waals surface area contributed by atoms with Gasteiger partial charge in [-0.25, -0.2) is 4.79 Å².